The number of thioether (sulfide) groups is 1. The minimum Gasteiger partial charge on any atom is -0.444 e. The molecule has 1 amide bonds. The number of carbonyl (C=O) groups excluding carboxylic acids is 1. The lowest BCUT2D eigenvalue weighted by Gasteiger charge is -2.42. The third-order valence-corrected chi connectivity index (χ3v) is 8.17. The van der Waals surface area contributed by atoms with E-state index in [-0.39, 0.29) is 18.6 Å². The topological polar surface area (TPSA) is 82.3 Å². The number of aryl methyl sites for hydroxylation is 1. The average molecular weight is 606 g/mol. The molecule has 0 unspecified atom stereocenters. The van der Waals surface area contributed by atoms with Crippen molar-refractivity contribution in [2.45, 2.75) is 76.6 Å². The van der Waals surface area contributed by atoms with Gasteiger partial charge in [0.15, 0.2) is 5.16 Å². The second-order valence-electron chi connectivity index (χ2n) is 11.4. The maximum Gasteiger partial charge on any atom is 0.410 e. The molecule has 0 radical (unpaired) electrons. The van der Waals surface area contributed by atoms with Gasteiger partial charge in [0.2, 0.25) is 0 Å². The van der Waals surface area contributed by atoms with Crippen molar-refractivity contribution < 1.29 is 9.53 Å². The van der Waals surface area contributed by atoms with E-state index in [0.29, 0.717) is 19.6 Å². The molecule has 7 nitrogen and oxygen atoms in total. The number of hydrogen-bond acceptors (Lipinski definition) is 7. The smallest absolute Gasteiger partial charge is 0.410 e. The number of carbonyl (C=O) groups is 1. The number of anilines is 1. The minimum absolute atomic E-state index is 0.229. The number of nitrogens with zero attached hydrogens (tertiary/aromatic N) is 5. The predicted octanol–water partition coefficient (Wildman–Crippen LogP) is 7.64. The molecule has 9 heteroatoms. The molecule has 1 aliphatic rings. The number of piperazine rings is 1. The van der Waals surface area contributed by atoms with Gasteiger partial charge < -0.3 is 14.5 Å². The summed E-state index contributed by atoms with van der Waals surface area (Å²) < 4.78 is 5.64. The Kier molecular flexibility index (Phi) is 10.7. The number of ether oxygens (including phenoxy) is 1. The molecule has 0 spiro atoms. The molecule has 2 heterocycles. The van der Waals surface area contributed by atoms with Crippen molar-refractivity contribution in [2.24, 2.45) is 0 Å². The Bertz CT molecular complexity index is 1470. The highest BCUT2D eigenvalue weighted by molar-refractivity contribution is 7.98. The first-order valence-electron chi connectivity index (χ1n) is 14.5. The predicted molar refractivity (Wildman–Crippen MR) is 172 cm³/mol. The monoisotopic (exact) mass is 605 g/mol. The molecule has 0 aliphatic carbocycles. The van der Waals surface area contributed by atoms with E-state index < -0.39 is 5.60 Å². The van der Waals surface area contributed by atoms with Gasteiger partial charge in [-0.15, -0.1) is 0 Å². The summed E-state index contributed by atoms with van der Waals surface area (Å²) in [4.78, 5) is 26.7. The number of benzene rings is 2. The van der Waals surface area contributed by atoms with Crippen molar-refractivity contribution in [3.63, 3.8) is 0 Å². The molecule has 0 saturated carbocycles. The molecular formula is C33H40ClN5O2S. The van der Waals surface area contributed by atoms with Gasteiger partial charge in [-0.3, -0.25) is 0 Å². The Labute approximate surface area is 258 Å². The highest BCUT2D eigenvalue weighted by Crippen LogP contribution is 2.30. The van der Waals surface area contributed by atoms with Gasteiger partial charge in [-0.2, -0.15) is 5.26 Å². The lowest BCUT2D eigenvalue weighted by Crippen LogP contribution is -2.56. The molecule has 1 fully saturated rings. The van der Waals surface area contributed by atoms with Crippen molar-refractivity contribution in [1.29, 1.82) is 5.26 Å². The van der Waals surface area contributed by atoms with Crippen LogP contribution in [-0.2, 0) is 24.0 Å². The van der Waals surface area contributed by atoms with E-state index in [2.05, 4.69) is 54.3 Å². The van der Waals surface area contributed by atoms with Crippen LogP contribution in [0.2, 0.25) is 5.02 Å². The van der Waals surface area contributed by atoms with Gasteiger partial charge >= 0.3 is 6.09 Å². The van der Waals surface area contributed by atoms with Crippen LogP contribution in [0.4, 0.5) is 10.6 Å². The van der Waals surface area contributed by atoms with E-state index in [4.69, 9.17) is 26.3 Å². The van der Waals surface area contributed by atoms with Gasteiger partial charge in [0.1, 0.15) is 11.4 Å². The van der Waals surface area contributed by atoms with Crippen LogP contribution in [0, 0.1) is 11.3 Å². The van der Waals surface area contributed by atoms with Crippen LogP contribution in [0.1, 0.15) is 57.4 Å². The van der Waals surface area contributed by atoms with Crippen LogP contribution in [-0.4, -0.2) is 58.5 Å². The van der Waals surface area contributed by atoms with Crippen LogP contribution in [0.15, 0.2) is 53.7 Å². The maximum absolute atomic E-state index is 12.9. The first kappa shape index (κ1) is 31.7. The highest BCUT2D eigenvalue weighted by atomic mass is 35.5. The van der Waals surface area contributed by atoms with Crippen LogP contribution in [0.25, 0.3) is 10.8 Å². The minimum atomic E-state index is -0.595. The molecule has 3 aromatic rings. The van der Waals surface area contributed by atoms with Gasteiger partial charge in [0.05, 0.1) is 24.2 Å². The summed E-state index contributed by atoms with van der Waals surface area (Å²) in [6.07, 6.45) is 9.53. The number of rotatable bonds is 9. The number of aromatic nitrogens is 2. The zero-order valence-electron chi connectivity index (χ0n) is 25.2. The van der Waals surface area contributed by atoms with Gasteiger partial charge in [-0.25, -0.2) is 14.8 Å². The van der Waals surface area contributed by atoms with E-state index in [1.54, 1.807) is 4.90 Å². The number of fused-ring (bicyclic) bond motifs is 1. The van der Waals surface area contributed by atoms with E-state index in [1.165, 1.54) is 17.3 Å². The number of amides is 1. The van der Waals surface area contributed by atoms with Crippen molar-refractivity contribution >= 4 is 46.0 Å². The molecular weight excluding hydrogens is 566 g/mol. The molecule has 222 valence electrons. The van der Waals surface area contributed by atoms with E-state index >= 15 is 0 Å². The van der Waals surface area contributed by atoms with Gasteiger partial charge in [-0.1, -0.05) is 72.8 Å². The fourth-order valence-corrected chi connectivity index (χ4v) is 6.06. The Morgan fingerprint density at radius 1 is 1.19 bits per heavy atom. The molecule has 42 heavy (non-hydrogen) atoms. The van der Waals surface area contributed by atoms with Gasteiger partial charge in [0, 0.05) is 35.6 Å². The quantitative estimate of drug-likeness (QED) is 0.141. The summed E-state index contributed by atoms with van der Waals surface area (Å²) in [5.41, 5.74) is 2.80. The number of allylic oxidation sites excluding steroid dienone is 2. The van der Waals surface area contributed by atoms with Crippen molar-refractivity contribution in [3.8, 4) is 6.07 Å². The Hall–Kier alpha value is -3.28. The van der Waals surface area contributed by atoms with Crippen molar-refractivity contribution in [2.75, 3.05) is 30.8 Å². The SMILES string of the molecule is CCc1nc(SC)nc(N2CCN(C(=O)OC(C)(C)C)[C@@H](CC#N)C2)c1CCC=CCc1cccc2cccc(Cl)c12. The molecule has 2 aromatic carbocycles. The maximum atomic E-state index is 12.9. The van der Waals surface area contributed by atoms with E-state index in [1.807, 2.05) is 39.2 Å². The summed E-state index contributed by atoms with van der Waals surface area (Å²) >= 11 is 8.05. The molecule has 1 saturated heterocycles. The molecule has 1 atom stereocenters. The normalized spacial score (nSPS) is 15.8. The number of halogens is 1. The van der Waals surface area contributed by atoms with Gasteiger partial charge in [-0.05, 0) is 69.7 Å². The summed E-state index contributed by atoms with van der Waals surface area (Å²) in [5.74, 6) is 0.909. The zero-order chi connectivity index (χ0) is 30.3. The summed E-state index contributed by atoms with van der Waals surface area (Å²) in [5, 5.41) is 13.3. The largest absolute Gasteiger partial charge is 0.444 e. The van der Waals surface area contributed by atoms with Crippen LogP contribution in [0.5, 0.6) is 0 Å². The Morgan fingerprint density at radius 2 is 1.95 bits per heavy atom. The Morgan fingerprint density at radius 3 is 2.64 bits per heavy atom. The summed E-state index contributed by atoms with van der Waals surface area (Å²) in [6, 6.07) is 14.3. The lowest BCUT2D eigenvalue weighted by atomic mass is 10.0. The summed E-state index contributed by atoms with van der Waals surface area (Å²) in [6.45, 7) is 9.29. The summed E-state index contributed by atoms with van der Waals surface area (Å²) in [7, 11) is 0. The lowest BCUT2D eigenvalue weighted by molar-refractivity contribution is 0.0144. The van der Waals surface area contributed by atoms with Gasteiger partial charge in [0.25, 0.3) is 0 Å². The third kappa shape index (κ3) is 7.76. The number of nitriles is 1. The Balaban J connectivity index is 1.53. The fourth-order valence-electron chi connectivity index (χ4n) is 5.38. The first-order valence-corrected chi connectivity index (χ1v) is 16.1. The molecule has 4 rings (SSSR count). The van der Waals surface area contributed by atoms with E-state index in [9.17, 15) is 10.1 Å². The van der Waals surface area contributed by atoms with Crippen LogP contribution >= 0.6 is 23.4 Å². The van der Waals surface area contributed by atoms with Crippen LogP contribution in [0.3, 0.4) is 0 Å². The average Bonchev–Trinajstić information content (AvgIpc) is 2.96. The highest BCUT2D eigenvalue weighted by Gasteiger charge is 2.34. The second-order valence-corrected chi connectivity index (χ2v) is 12.6. The standard InChI is InChI=1S/C33H40ClN5O2S/c1-6-28-26(16-9-7-8-12-23-13-10-14-24-15-11-17-27(34)29(23)24)30(37-31(36-28)42-5)38-20-21-39(25(22-38)18-19-35)32(40)41-33(2,3)4/h7-8,10-11,13-15,17,25H,6,9,12,16,18,20-22H2,1-5H3/t25-/m0/s1. The number of hydrogen-bond donors (Lipinski definition) is 0. The van der Waals surface area contributed by atoms with Crippen molar-refractivity contribution in [1.82, 2.24) is 14.9 Å². The molecule has 1 aliphatic heterocycles. The van der Waals surface area contributed by atoms with Crippen LogP contribution < -0.4 is 4.90 Å². The first-order chi connectivity index (χ1) is 20.1. The zero-order valence-corrected chi connectivity index (χ0v) is 26.8. The third-order valence-electron chi connectivity index (χ3n) is 7.31. The molecule has 0 N–H and O–H groups in total. The molecule has 1 aromatic heterocycles. The fraction of sp³-hybridized carbons (Fsp3) is 0.455. The van der Waals surface area contributed by atoms with E-state index in [0.717, 1.165) is 63.7 Å². The molecule has 0 bridgehead atoms. The second kappa shape index (κ2) is 14.3. The van der Waals surface area contributed by atoms with Crippen molar-refractivity contribution in [3.05, 3.63) is 70.4 Å².